The average Bonchev–Trinajstić information content (AvgIpc) is 2.55. The first-order valence-corrected chi connectivity index (χ1v) is 8.35. The van der Waals surface area contributed by atoms with Gasteiger partial charge in [-0.3, -0.25) is 0 Å². The first-order chi connectivity index (χ1) is 12.2. The van der Waals surface area contributed by atoms with E-state index in [0.717, 1.165) is 11.8 Å². The molecule has 0 unspecified atom stereocenters. The van der Waals surface area contributed by atoms with Crippen molar-refractivity contribution in [2.75, 3.05) is 11.4 Å². The maximum Gasteiger partial charge on any atom is 0.417 e. The Morgan fingerprint density at radius 1 is 1.23 bits per heavy atom. The quantitative estimate of drug-likeness (QED) is 0.851. The standard InChI is InChI=1S/C18H20ClN3O4/c1-18(2,3)26-17(25)22(10-9-12-7-5-4-6-8-12)16-20-11-13(19)14(21-16)15(23)24/h4-8,11H,9-10H2,1-3H3,(H,23,24). The average molecular weight is 378 g/mol. The highest BCUT2D eigenvalue weighted by Crippen LogP contribution is 2.19. The number of carbonyl (C=O) groups excluding carboxylic acids is 1. The van der Waals surface area contributed by atoms with Crippen molar-refractivity contribution < 1.29 is 19.4 Å². The smallest absolute Gasteiger partial charge is 0.417 e. The van der Waals surface area contributed by atoms with Crippen molar-refractivity contribution in [2.45, 2.75) is 32.8 Å². The minimum absolute atomic E-state index is 0.0722. The molecule has 0 radical (unpaired) electrons. The number of anilines is 1. The second-order valence-electron chi connectivity index (χ2n) is 6.54. The molecule has 1 N–H and O–H groups in total. The third-order valence-electron chi connectivity index (χ3n) is 3.26. The van der Waals surface area contributed by atoms with E-state index in [-0.39, 0.29) is 23.2 Å². The van der Waals surface area contributed by atoms with Crippen molar-refractivity contribution in [3.63, 3.8) is 0 Å². The number of hydrogen-bond acceptors (Lipinski definition) is 5. The molecule has 1 amide bonds. The Kier molecular flexibility index (Phi) is 6.15. The molecule has 7 nitrogen and oxygen atoms in total. The maximum atomic E-state index is 12.6. The Bertz CT molecular complexity index is 791. The zero-order chi connectivity index (χ0) is 19.3. The number of ether oxygens (including phenoxy) is 1. The van der Waals surface area contributed by atoms with Crippen LogP contribution in [-0.4, -0.2) is 39.3 Å². The molecule has 26 heavy (non-hydrogen) atoms. The number of rotatable bonds is 5. The molecule has 2 rings (SSSR count). The predicted octanol–water partition coefficient (Wildman–Crippen LogP) is 3.81. The lowest BCUT2D eigenvalue weighted by atomic mass is 10.1. The zero-order valence-corrected chi connectivity index (χ0v) is 15.5. The summed E-state index contributed by atoms with van der Waals surface area (Å²) < 4.78 is 5.40. The van der Waals surface area contributed by atoms with Crippen LogP contribution in [0.5, 0.6) is 0 Å². The molecule has 0 saturated carbocycles. The molecule has 0 saturated heterocycles. The number of hydrogen-bond donors (Lipinski definition) is 1. The zero-order valence-electron chi connectivity index (χ0n) is 14.8. The van der Waals surface area contributed by atoms with Gasteiger partial charge in [-0.05, 0) is 32.8 Å². The Morgan fingerprint density at radius 2 is 1.88 bits per heavy atom. The van der Waals surface area contributed by atoms with Crippen molar-refractivity contribution in [1.82, 2.24) is 9.97 Å². The first-order valence-electron chi connectivity index (χ1n) is 7.97. The third-order valence-corrected chi connectivity index (χ3v) is 3.53. The van der Waals surface area contributed by atoms with E-state index < -0.39 is 17.7 Å². The summed E-state index contributed by atoms with van der Waals surface area (Å²) in [5.74, 6) is -1.37. The lowest BCUT2D eigenvalue weighted by Gasteiger charge is -2.26. The summed E-state index contributed by atoms with van der Waals surface area (Å²) in [7, 11) is 0. The number of nitrogens with zero attached hydrogens (tertiary/aromatic N) is 3. The number of amides is 1. The predicted molar refractivity (Wildman–Crippen MR) is 97.7 cm³/mol. The van der Waals surface area contributed by atoms with E-state index in [1.807, 2.05) is 30.3 Å². The summed E-state index contributed by atoms with van der Waals surface area (Å²) in [4.78, 5) is 33.0. The number of carbonyl (C=O) groups is 2. The Balaban J connectivity index is 2.32. The summed E-state index contributed by atoms with van der Waals surface area (Å²) in [6.07, 6.45) is 1.02. The Labute approximate surface area is 156 Å². The van der Waals surface area contributed by atoms with Gasteiger partial charge >= 0.3 is 12.1 Å². The normalized spacial score (nSPS) is 11.1. The molecule has 0 aliphatic heterocycles. The monoisotopic (exact) mass is 377 g/mol. The van der Waals surface area contributed by atoms with Crippen molar-refractivity contribution in [1.29, 1.82) is 0 Å². The molecule has 0 atom stereocenters. The fourth-order valence-corrected chi connectivity index (χ4v) is 2.29. The fourth-order valence-electron chi connectivity index (χ4n) is 2.11. The van der Waals surface area contributed by atoms with Gasteiger partial charge in [-0.1, -0.05) is 41.9 Å². The molecular formula is C18H20ClN3O4. The number of halogens is 1. The molecule has 0 bridgehead atoms. The van der Waals surface area contributed by atoms with E-state index in [2.05, 4.69) is 9.97 Å². The van der Waals surface area contributed by atoms with E-state index >= 15 is 0 Å². The van der Waals surface area contributed by atoms with Crippen LogP contribution in [0.4, 0.5) is 10.7 Å². The maximum absolute atomic E-state index is 12.6. The van der Waals surface area contributed by atoms with Crippen LogP contribution < -0.4 is 4.90 Å². The highest BCUT2D eigenvalue weighted by molar-refractivity contribution is 6.33. The van der Waals surface area contributed by atoms with Gasteiger partial charge in [0.25, 0.3) is 0 Å². The van der Waals surface area contributed by atoms with Crippen LogP contribution in [0.3, 0.4) is 0 Å². The van der Waals surface area contributed by atoms with E-state index in [0.29, 0.717) is 6.42 Å². The third kappa shape index (κ3) is 5.42. The Hall–Kier alpha value is -2.67. The van der Waals surface area contributed by atoms with Gasteiger partial charge in [0.1, 0.15) is 5.60 Å². The van der Waals surface area contributed by atoms with Crippen LogP contribution in [0.25, 0.3) is 0 Å². The lowest BCUT2D eigenvalue weighted by molar-refractivity contribution is 0.0575. The lowest BCUT2D eigenvalue weighted by Crippen LogP contribution is -2.39. The minimum Gasteiger partial charge on any atom is -0.476 e. The highest BCUT2D eigenvalue weighted by atomic mass is 35.5. The van der Waals surface area contributed by atoms with Crippen molar-refractivity contribution in [2.24, 2.45) is 0 Å². The molecule has 1 heterocycles. The molecule has 8 heteroatoms. The number of carboxylic acids is 1. The van der Waals surface area contributed by atoms with E-state index in [1.165, 1.54) is 4.90 Å². The summed E-state index contributed by atoms with van der Waals surface area (Å²) in [6.45, 7) is 5.45. The highest BCUT2D eigenvalue weighted by Gasteiger charge is 2.26. The molecule has 0 fully saturated rings. The van der Waals surface area contributed by atoms with Crippen LogP contribution in [0.15, 0.2) is 36.5 Å². The van der Waals surface area contributed by atoms with Gasteiger partial charge in [-0.15, -0.1) is 0 Å². The van der Waals surface area contributed by atoms with Crippen LogP contribution >= 0.6 is 11.6 Å². The second-order valence-corrected chi connectivity index (χ2v) is 6.95. The largest absolute Gasteiger partial charge is 0.476 e. The van der Waals surface area contributed by atoms with Crippen molar-refractivity contribution in [3.8, 4) is 0 Å². The molecule has 1 aromatic carbocycles. The number of aromatic carboxylic acids is 1. The fraction of sp³-hybridized carbons (Fsp3) is 0.333. The summed E-state index contributed by atoms with van der Waals surface area (Å²) in [5.41, 5.74) is -0.0807. The SMILES string of the molecule is CC(C)(C)OC(=O)N(CCc1ccccc1)c1ncc(Cl)c(C(=O)O)n1. The molecule has 1 aromatic heterocycles. The van der Waals surface area contributed by atoms with Crippen LogP contribution in [0, 0.1) is 0 Å². The van der Waals surface area contributed by atoms with Crippen LogP contribution in [0.2, 0.25) is 5.02 Å². The van der Waals surface area contributed by atoms with Gasteiger partial charge in [0.2, 0.25) is 5.95 Å². The topological polar surface area (TPSA) is 92.6 Å². The number of carboxylic acid groups (broad SMARTS) is 1. The summed E-state index contributed by atoms with van der Waals surface area (Å²) in [6, 6.07) is 9.55. The summed E-state index contributed by atoms with van der Waals surface area (Å²) in [5, 5.41) is 9.09. The van der Waals surface area contributed by atoms with Gasteiger partial charge in [0.15, 0.2) is 5.69 Å². The van der Waals surface area contributed by atoms with Crippen LogP contribution in [-0.2, 0) is 11.2 Å². The molecule has 0 aliphatic carbocycles. The van der Waals surface area contributed by atoms with E-state index in [1.54, 1.807) is 20.8 Å². The van der Waals surface area contributed by atoms with Crippen LogP contribution in [0.1, 0.15) is 36.8 Å². The van der Waals surface area contributed by atoms with E-state index in [4.69, 9.17) is 16.3 Å². The molecule has 0 spiro atoms. The molecule has 0 aliphatic rings. The van der Waals surface area contributed by atoms with Crippen molar-refractivity contribution >= 4 is 29.6 Å². The van der Waals surface area contributed by atoms with Gasteiger partial charge in [0, 0.05) is 6.54 Å². The second kappa shape index (κ2) is 8.14. The molecular weight excluding hydrogens is 358 g/mol. The van der Waals surface area contributed by atoms with Gasteiger partial charge in [-0.2, -0.15) is 0 Å². The summed E-state index contributed by atoms with van der Waals surface area (Å²) >= 11 is 5.81. The number of benzene rings is 1. The molecule has 138 valence electrons. The van der Waals surface area contributed by atoms with Gasteiger partial charge in [0.05, 0.1) is 11.2 Å². The first kappa shape index (κ1) is 19.7. The number of aromatic nitrogens is 2. The Morgan fingerprint density at radius 3 is 2.46 bits per heavy atom. The van der Waals surface area contributed by atoms with Crippen molar-refractivity contribution in [3.05, 3.63) is 52.8 Å². The van der Waals surface area contributed by atoms with Gasteiger partial charge < -0.3 is 9.84 Å². The van der Waals surface area contributed by atoms with Gasteiger partial charge in [-0.25, -0.2) is 24.5 Å². The molecule has 2 aromatic rings. The van der Waals surface area contributed by atoms with E-state index in [9.17, 15) is 14.7 Å². The minimum atomic E-state index is -1.30.